The Morgan fingerprint density at radius 1 is 1.00 bits per heavy atom. The van der Waals surface area contributed by atoms with E-state index in [1.807, 2.05) is 29.2 Å². The molecule has 0 bridgehead atoms. The molecule has 1 saturated heterocycles. The Kier molecular flexibility index (Phi) is 7.28. The number of benzene rings is 3. The second kappa shape index (κ2) is 10.5. The molecule has 38 heavy (non-hydrogen) atoms. The fourth-order valence-corrected chi connectivity index (χ4v) is 6.19. The lowest BCUT2D eigenvalue weighted by atomic mass is 9.76. The highest BCUT2D eigenvalue weighted by Crippen LogP contribution is 2.44. The minimum absolute atomic E-state index is 0.0220. The second-order valence-electron chi connectivity index (χ2n) is 9.69. The predicted octanol–water partition coefficient (Wildman–Crippen LogP) is 2.40. The largest absolute Gasteiger partial charge is 0.488 e. The number of fused-ring (bicyclic) bond motifs is 3. The molecule has 2 N–H and O–H groups in total. The molecule has 0 spiro atoms. The van der Waals surface area contributed by atoms with Gasteiger partial charge in [-0.25, -0.2) is 4.79 Å². The lowest BCUT2D eigenvalue weighted by Crippen LogP contribution is -2.48. The van der Waals surface area contributed by atoms with E-state index in [0.717, 1.165) is 22.3 Å². The molecule has 11 heteroatoms. The van der Waals surface area contributed by atoms with Crippen LogP contribution in [0.1, 0.15) is 28.2 Å². The van der Waals surface area contributed by atoms with Crippen LogP contribution < -0.4 is 5.46 Å². The molecule has 1 fully saturated rings. The van der Waals surface area contributed by atoms with E-state index in [2.05, 4.69) is 24.3 Å². The smallest absolute Gasteiger partial charge is 0.448 e. The van der Waals surface area contributed by atoms with Gasteiger partial charge in [-0.15, -0.1) is 3.89 Å². The normalized spacial score (nSPS) is 15.7. The maximum atomic E-state index is 13.8. The van der Waals surface area contributed by atoms with Gasteiger partial charge in [-0.2, -0.15) is 8.42 Å². The molecule has 0 unspecified atom stereocenters. The van der Waals surface area contributed by atoms with Crippen LogP contribution in [0.3, 0.4) is 0 Å². The first kappa shape index (κ1) is 26.4. The van der Waals surface area contributed by atoms with Crippen molar-refractivity contribution in [3.05, 3.63) is 82.9 Å². The summed E-state index contributed by atoms with van der Waals surface area (Å²) in [7, 11) is -6.96. The molecule has 3 aromatic carbocycles. The van der Waals surface area contributed by atoms with Crippen LogP contribution in [0.25, 0.3) is 11.1 Å². The Morgan fingerprint density at radius 2 is 1.58 bits per heavy atom. The van der Waals surface area contributed by atoms with E-state index in [9.17, 15) is 27.1 Å². The number of nitrogens with zero attached hydrogens (tertiary/aromatic N) is 2. The third-order valence-corrected chi connectivity index (χ3v) is 8.32. The molecule has 5 rings (SSSR count). The van der Waals surface area contributed by atoms with Crippen molar-refractivity contribution in [2.45, 2.75) is 24.3 Å². The molecule has 0 aromatic heterocycles. The molecule has 1 heterocycles. The zero-order valence-corrected chi connectivity index (χ0v) is 21.7. The van der Waals surface area contributed by atoms with Gasteiger partial charge in [-0.05, 0) is 51.8 Å². The van der Waals surface area contributed by atoms with Crippen molar-refractivity contribution in [3.63, 3.8) is 0 Å². The van der Waals surface area contributed by atoms with Crippen molar-refractivity contribution >= 4 is 28.9 Å². The number of ether oxygens (including phenoxy) is 1. The van der Waals surface area contributed by atoms with Crippen molar-refractivity contribution in [3.8, 4) is 11.1 Å². The van der Waals surface area contributed by atoms with Gasteiger partial charge in [-0.1, -0.05) is 54.6 Å². The van der Waals surface area contributed by atoms with Gasteiger partial charge >= 0.3 is 23.4 Å². The SMILES string of the molecule is Cc1c(B(O)O)cc(CN2CCN(C(=O)OCC3c4ccccc4-c4ccccc43)CC2)cc1S(=O)(=O)F. The highest BCUT2D eigenvalue weighted by molar-refractivity contribution is 7.86. The number of rotatable bonds is 6. The Bertz CT molecular complexity index is 1430. The first-order valence-electron chi connectivity index (χ1n) is 12.4. The van der Waals surface area contributed by atoms with E-state index in [1.54, 1.807) is 4.90 Å². The lowest BCUT2D eigenvalue weighted by Gasteiger charge is -2.34. The van der Waals surface area contributed by atoms with E-state index < -0.39 is 28.3 Å². The number of hydrogen-bond donors (Lipinski definition) is 2. The molecule has 1 amide bonds. The first-order chi connectivity index (χ1) is 18.1. The Morgan fingerprint density at radius 3 is 2.13 bits per heavy atom. The molecular weight excluding hydrogens is 510 g/mol. The summed E-state index contributed by atoms with van der Waals surface area (Å²) in [4.78, 5) is 15.9. The van der Waals surface area contributed by atoms with E-state index >= 15 is 0 Å². The minimum atomic E-state index is -5.03. The minimum Gasteiger partial charge on any atom is -0.448 e. The summed E-state index contributed by atoms with van der Waals surface area (Å²) in [6, 6.07) is 19.0. The maximum absolute atomic E-state index is 13.8. The number of amides is 1. The molecule has 198 valence electrons. The van der Waals surface area contributed by atoms with Crippen LogP contribution in [-0.4, -0.2) is 74.3 Å². The monoisotopic (exact) mass is 538 g/mol. The van der Waals surface area contributed by atoms with Crippen molar-refractivity contribution < 1.29 is 31.9 Å². The van der Waals surface area contributed by atoms with Crippen LogP contribution in [0, 0.1) is 6.92 Å². The van der Waals surface area contributed by atoms with Crippen LogP contribution in [0.5, 0.6) is 0 Å². The molecule has 0 saturated carbocycles. The Labute approximate surface area is 221 Å². The summed E-state index contributed by atoms with van der Waals surface area (Å²) in [6.45, 7) is 3.64. The molecule has 0 radical (unpaired) electrons. The summed E-state index contributed by atoms with van der Waals surface area (Å²) < 4.78 is 42.7. The van der Waals surface area contributed by atoms with E-state index in [-0.39, 0.29) is 30.1 Å². The van der Waals surface area contributed by atoms with Crippen molar-refractivity contribution in [1.82, 2.24) is 9.80 Å². The maximum Gasteiger partial charge on any atom is 0.488 e. The molecule has 0 atom stereocenters. The van der Waals surface area contributed by atoms with Gasteiger partial charge in [-0.3, -0.25) is 4.90 Å². The molecule has 1 aliphatic carbocycles. The summed E-state index contributed by atoms with van der Waals surface area (Å²) in [5.74, 6) is -0.0220. The third-order valence-electron chi connectivity index (χ3n) is 7.37. The molecule has 2 aliphatic rings. The zero-order chi connectivity index (χ0) is 27.0. The van der Waals surface area contributed by atoms with Gasteiger partial charge < -0.3 is 19.7 Å². The number of hydrogen-bond acceptors (Lipinski definition) is 7. The summed E-state index contributed by atoms with van der Waals surface area (Å²) in [5.41, 5.74) is 4.95. The molecule has 8 nitrogen and oxygen atoms in total. The molecule has 3 aromatic rings. The number of halogens is 1. The third kappa shape index (κ3) is 5.19. The summed E-state index contributed by atoms with van der Waals surface area (Å²) >= 11 is 0. The Hall–Kier alpha value is -3.25. The number of carbonyl (C=O) groups excluding carboxylic acids is 1. The van der Waals surface area contributed by atoms with Crippen molar-refractivity contribution in [2.75, 3.05) is 32.8 Å². The van der Waals surface area contributed by atoms with Gasteiger partial charge in [0.25, 0.3) is 0 Å². The molecule has 1 aliphatic heterocycles. The topological polar surface area (TPSA) is 107 Å². The van der Waals surface area contributed by atoms with E-state index in [1.165, 1.54) is 19.1 Å². The van der Waals surface area contributed by atoms with Crippen LogP contribution in [0.2, 0.25) is 0 Å². The van der Waals surface area contributed by atoms with Crippen LogP contribution in [-0.2, 0) is 21.5 Å². The van der Waals surface area contributed by atoms with Gasteiger partial charge in [0.15, 0.2) is 0 Å². The van der Waals surface area contributed by atoms with E-state index in [0.29, 0.717) is 31.7 Å². The predicted molar refractivity (Wildman–Crippen MR) is 141 cm³/mol. The van der Waals surface area contributed by atoms with Gasteiger partial charge in [0.1, 0.15) is 11.5 Å². The molecular formula is C27H28BFN2O6S. The quantitative estimate of drug-likeness (QED) is 0.367. The van der Waals surface area contributed by atoms with Gasteiger partial charge in [0.2, 0.25) is 0 Å². The lowest BCUT2D eigenvalue weighted by molar-refractivity contribution is 0.0728. The number of carbonyl (C=O) groups is 1. The Balaban J connectivity index is 1.20. The summed E-state index contributed by atoms with van der Waals surface area (Å²) in [5, 5.41) is 19.3. The van der Waals surface area contributed by atoms with E-state index in [4.69, 9.17) is 4.74 Å². The second-order valence-corrected chi connectivity index (χ2v) is 11.0. The van der Waals surface area contributed by atoms with Crippen molar-refractivity contribution in [2.24, 2.45) is 0 Å². The van der Waals surface area contributed by atoms with Gasteiger partial charge in [0, 0.05) is 38.6 Å². The van der Waals surface area contributed by atoms with Crippen LogP contribution in [0.15, 0.2) is 65.6 Å². The number of piperazine rings is 1. The highest BCUT2D eigenvalue weighted by atomic mass is 32.3. The highest BCUT2D eigenvalue weighted by Gasteiger charge is 2.31. The average molecular weight is 538 g/mol. The van der Waals surface area contributed by atoms with Crippen molar-refractivity contribution in [1.29, 1.82) is 0 Å². The van der Waals surface area contributed by atoms with Crippen LogP contribution in [0.4, 0.5) is 8.68 Å². The fourth-order valence-electron chi connectivity index (χ4n) is 5.41. The first-order valence-corrected chi connectivity index (χ1v) is 13.8. The zero-order valence-electron chi connectivity index (χ0n) is 20.9. The van der Waals surface area contributed by atoms with Crippen LogP contribution >= 0.6 is 0 Å². The average Bonchev–Trinajstić information content (AvgIpc) is 3.21. The van der Waals surface area contributed by atoms with Gasteiger partial charge in [0.05, 0.1) is 0 Å². The standard InChI is InChI=1S/C27H28BFN2O6S/c1-18-25(28(33)34)14-19(15-26(18)38(29,35)36)16-30-10-12-31(13-11-30)27(32)37-17-24-22-8-4-2-6-20(22)21-7-3-5-9-23(21)24/h2-9,14-15,24,33-34H,10-13,16-17H2,1H3. The summed E-state index contributed by atoms with van der Waals surface area (Å²) in [6.07, 6.45) is -0.390. The fraction of sp³-hybridized carbons (Fsp3) is 0.296.